The van der Waals surface area contributed by atoms with Crippen molar-refractivity contribution < 1.29 is 14.3 Å². The lowest BCUT2D eigenvalue weighted by Gasteiger charge is -2.29. The number of aromatic nitrogens is 3. The van der Waals surface area contributed by atoms with E-state index in [1.807, 2.05) is 30.7 Å². The van der Waals surface area contributed by atoms with Gasteiger partial charge in [0.15, 0.2) is 5.69 Å². The van der Waals surface area contributed by atoms with Crippen molar-refractivity contribution >= 4 is 17.6 Å². The summed E-state index contributed by atoms with van der Waals surface area (Å²) < 4.78 is 7.24. The fourth-order valence-electron chi connectivity index (χ4n) is 4.25. The molecule has 2 aliphatic heterocycles. The van der Waals surface area contributed by atoms with Crippen molar-refractivity contribution in [2.75, 3.05) is 31.6 Å². The fraction of sp³-hybridized carbons (Fsp3) is 0.524. The third-order valence-corrected chi connectivity index (χ3v) is 5.89. The third kappa shape index (κ3) is 3.65. The predicted molar refractivity (Wildman–Crippen MR) is 111 cm³/mol. The van der Waals surface area contributed by atoms with Crippen molar-refractivity contribution in [1.82, 2.24) is 19.7 Å². The summed E-state index contributed by atoms with van der Waals surface area (Å²) in [5.41, 5.74) is 8.39. The molecule has 30 heavy (non-hydrogen) atoms. The summed E-state index contributed by atoms with van der Waals surface area (Å²) in [6.07, 6.45) is 3.34. The Morgan fingerprint density at radius 3 is 2.67 bits per heavy atom. The summed E-state index contributed by atoms with van der Waals surface area (Å²) in [4.78, 5) is 33.0. The van der Waals surface area contributed by atoms with Gasteiger partial charge in [0.1, 0.15) is 5.82 Å². The number of fused-ring (bicyclic) bond motifs is 1. The van der Waals surface area contributed by atoms with E-state index < -0.39 is 5.91 Å². The largest absolute Gasteiger partial charge is 0.380 e. The number of carbonyl (C=O) groups excluding carboxylic acids is 2. The molecule has 9 heteroatoms. The molecule has 2 aromatic rings. The molecule has 2 aliphatic rings. The molecular weight excluding hydrogens is 384 g/mol. The zero-order valence-corrected chi connectivity index (χ0v) is 17.7. The number of methoxy groups -OCH3 is 1. The first-order valence-electron chi connectivity index (χ1n) is 10.3. The number of rotatable bonds is 5. The van der Waals surface area contributed by atoms with Crippen molar-refractivity contribution in [2.45, 2.75) is 45.4 Å². The maximum absolute atomic E-state index is 12.7. The lowest BCUT2D eigenvalue weighted by Crippen LogP contribution is -2.33. The van der Waals surface area contributed by atoms with E-state index in [9.17, 15) is 9.59 Å². The predicted octanol–water partition coefficient (Wildman–Crippen LogP) is 1.38. The number of nitrogens with zero attached hydrogens (tertiary/aromatic N) is 5. The van der Waals surface area contributed by atoms with Crippen molar-refractivity contribution in [1.29, 1.82) is 0 Å². The van der Waals surface area contributed by atoms with Gasteiger partial charge in [-0.15, -0.1) is 0 Å². The molecule has 9 nitrogen and oxygen atoms in total. The zero-order chi connectivity index (χ0) is 21.4. The topological polar surface area (TPSA) is 107 Å². The Bertz CT molecular complexity index is 952. The van der Waals surface area contributed by atoms with Gasteiger partial charge >= 0.3 is 0 Å². The maximum atomic E-state index is 12.7. The van der Waals surface area contributed by atoms with Crippen molar-refractivity contribution in [2.24, 2.45) is 5.73 Å². The molecule has 0 spiro atoms. The number of nitrogens with two attached hydrogens (primary N) is 1. The van der Waals surface area contributed by atoms with Crippen molar-refractivity contribution in [3.63, 3.8) is 0 Å². The van der Waals surface area contributed by atoms with Crippen LogP contribution in [0.15, 0.2) is 18.3 Å². The van der Waals surface area contributed by atoms with E-state index in [1.165, 1.54) is 0 Å². The van der Waals surface area contributed by atoms with Crippen LogP contribution >= 0.6 is 0 Å². The van der Waals surface area contributed by atoms with Crippen LogP contribution in [0.3, 0.4) is 0 Å². The van der Waals surface area contributed by atoms with E-state index in [-0.39, 0.29) is 18.1 Å². The summed E-state index contributed by atoms with van der Waals surface area (Å²) in [6, 6.07) is 3.83. The van der Waals surface area contributed by atoms with Crippen LogP contribution in [0.1, 0.15) is 58.4 Å². The molecule has 0 aromatic carbocycles. The Morgan fingerprint density at radius 2 is 2.07 bits per heavy atom. The van der Waals surface area contributed by atoms with Gasteiger partial charge in [-0.3, -0.25) is 14.3 Å². The van der Waals surface area contributed by atoms with E-state index >= 15 is 0 Å². The number of primary amides is 1. The molecule has 2 N–H and O–H groups in total. The van der Waals surface area contributed by atoms with Crippen LogP contribution in [0.5, 0.6) is 0 Å². The molecule has 0 radical (unpaired) electrons. The molecule has 1 unspecified atom stereocenters. The average Bonchev–Trinajstić information content (AvgIpc) is 3.38. The lowest BCUT2D eigenvalue weighted by molar-refractivity contribution is 0.0723. The minimum Gasteiger partial charge on any atom is -0.380 e. The summed E-state index contributed by atoms with van der Waals surface area (Å²) in [6.45, 7) is 6.66. The van der Waals surface area contributed by atoms with E-state index in [1.54, 1.807) is 18.2 Å². The summed E-state index contributed by atoms with van der Waals surface area (Å²) in [5, 5.41) is 4.45. The molecule has 160 valence electrons. The number of anilines is 1. The summed E-state index contributed by atoms with van der Waals surface area (Å²) in [7, 11) is 1.67. The van der Waals surface area contributed by atoms with E-state index in [0.717, 1.165) is 36.5 Å². The molecule has 1 atom stereocenters. The van der Waals surface area contributed by atoms with Crippen LogP contribution in [0.2, 0.25) is 0 Å². The molecule has 0 saturated carbocycles. The highest BCUT2D eigenvalue weighted by Gasteiger charge is 2.29. The van der Waals surface area contributed by atoms with Gasteiger partial charge < -0.3 is 20.3 Å². The molecule has 2 amide bonds. The normalized spacial score (nSPS) is 18.7. The second-order valence-corrected chi connectivity index (χ2v) is 8.15. The zero-order valence-electron chi connectivity index (χ0n) is 17.7. The third-order valence-electron chi connectivity index (χ3n) is 5.89. The molecule has 4 heterocycles. The SMILES string of the molecule is COC1CCN(C(=O)c2ccc(N3CCc4c(c(C(N)=O)nn4C(C)C)C3)nc2)C1. The van der Waals surface area contributed by atoms with Gasteiger partial charge in [0.05, 0.1) is 11.7 Å². The van der Waals surface area contributed by atoms with Gasteiger partial charge in [0.25, 0.3) is 11.8 Å². The van der Waals surface area contributed by atoms with Crippen LogP contribution in [0, 0.1) is 0 Å². The van der Waals surface area contributed by atoms with Crippen LogP contribution in [-0.2, 0) is 17.7 Å². The first kappa shape index (κ1) is 20.3. The Morgan fingerprint density at radius 1 is 1.27 bits per heavy atom. The Hall–Kier alpha value is -2.94. The fourth-order valence-corrected chi connectivity index (χ4v) is 4.25. The lowest BCUT2D eigenvalue weighted by atomic mass is 10.0. The minimum atomic E-state index is -0.513. The van der Waals surface area contributed by atoms with Crippen molar-refractivity contribution in [3.05, 3.63) is 40.8 Å². The first-order chi connectivity index (χ1) is 14.4. The van der Waals surface area contributed by atoms with Gasteiger partial charge in [-0.2, -0.15) is 5.10 Å². The van der Waals surface area contributed by atoms with E-state index in [4.69, 9.17) is 10.5 Å². The highest BCUT2D eigenvalue weighted by atomic mass is 16.5. The van der Waals surface area contributed by atoms with E-state index in [0.29, 0.717) is 30.9 Å². The van der Waals surface area contributed by atoms with Crippen LogP contribution in [-0.4, -0.2) is 64.3 Å². The second kappa shape index (κ2) is 8.06. The number of carbonyl (C=O) groups is 2. The minimum absolute atomic E-state index is 0.0243. The average molecular weight is 412 g/mol. The number of amides is 2. The Balaban J connectivity index is 1.51. The van der Waals surface area contributed by atoms with Gasteiger partial charge in [0.2, 0.25) is 0 Å². The molecule has 0 aliphatic carbocycles. The Labute approximate surface area is 175 Å². The van der Waals surface area contributed by atoms with Gasteiger partial charge in [-0.05, 0) is 32.4 Å². The number of hydrogen-bond donors (Lipinski definition) is 1. The number of likely N-dealkylation sites (tertiary alicyclic amines) is 1. The molecule has 0 bridgehead atoms. The second-order valence-electron chi connectivity index (χ2n) is 8.15. The van der Waals surface area contributed by atoms with Gasteiger partial charge in [0, 0.05) is 63.2 Å². The number of hydrogen-bond acceptors (Lipinski definition) is 6. The van der Waals surface area contributed by atoms with Gasteiger partial charge in [-0.25, -0.2) is 4.98 Å². The molecule has 1 saturated heterocycles. The van der Waals surface area contributed by atoms with Crippen LogP contribution < -0.4 is 10.6 Å². The first-order valence-corrected chi connectivity index (χ1v) is 10.3. The Kier molecular flexibility index (Phi) is 5.46. The highest BCUT2D eigenvalue weighted by molar-refractivity contribution is 5.94. The van der Waals surface area contributed by atoms with Crippen molar-refractivity contribution in [3.8, 4) is 0 Å². The maximum Gasteiger partial charge on any atom is 0.269 e. The summed E-state index contributed by atoms with van der Waals surface area (Å²) in [5.74, 6) is 0.228. The molecule has 2 aromatic heterocycles. The standard InChI is InChI=1S/C21H28N6O3/c1-13(2)27-17-7-9-25(12-16(17)19(24-27)20(22)28)18-5-4-14(10-23-18)21(29)26-8-6-15(11-26)30-3/h4-5,10,13,15H,6-9,11-12H2,1-3H3,(H2,22,28). The molecule has 1 fully saturated rings. The monoisotopic (exact) mass is 412 g/mol. The molecule has 4 rings (SSSR count). The van der Waals surface area contributed by atoms with Gasteiger partial charge in [-0.1, -0.05) is 0 Å². The smallest absolute Gasteiger partial charge is 0.269 e. The quantitative estimate of drug-likeness (QED) is 0.795. The van der Waals surface area contributed by atoms with Crippen LogP contribution in [0.25, 0.3) is 0 Å². The summed E-state index contributed by atoms with van der Waals surface area (Å²) >= 11 is 0. The molecular formula is C21H28N6O3. The number of pyridine rings is 1. The van der Waals surface area contributed by atoms with Crippen LogP contribution in [0.4, 0.5) is 5.82 Å². The highest BCUT2D eigenvalue weighted by Crippen LogP contribution is 2.28. The van der Waals surface area contributed by atoms with E-state index in [2.05, 4.69) is 15.0 Å². The number of ether oxygens (including phenoxy) is 1.